The molecule has 0 heterocycles. The minimum Gasteiger partial charge on any atom is -0.369 e. The van der Waals surface area contributed by atoms with Gasteiger partial charge in [0.1, 0.15) is 0 Å². The summed E-state index contributed by atoms with van der Waals surface area (Å²) in [5.74, 6) is 0. The topological polar surface area (TPSA) is 63.6 Å². The molecule has 0 fully saturated rings. The van der Waals surface area contributed by atoms with E-state index in [1.807, 2.05) is 0 Å². The van der Waals surface area contributed by atoms with E-state index in [2.05, 4.69) is 4.18 Å². The fraction of sp³-hybridized carbons (Fsp3) is 0.538. The number of rotatable bonds is 4. The van der Waals surface area contributed by atoms with E-state index in [9.17, 15) is 61.1 Å². The molecular weight excluding hydrogens is 480 g/mol. The fourth-order valence-electron chi connectivity index (χ4n) is 2.29. The maximum Gasteiger partial charge on any atom is 0.432 e. The molecule has 17 heteroatoms. The zero-order chi connectivity index (χ0) is 24.2. The fourth-order valence-corrected chi connectivity index (χ4v) is 3.03. The average molecular weight is 488 g/mol. The van der Waals surface area contributed by atoms with Crippen LogP contribution in [0.15, 0.2) is 24.3 Å². The highest BCUT2D eigenvalue weighted by Crippen LogP contribution is 2.55. The quantitative estimate of drug-likeness (QED) is 0.508. The Morgan fingerprint density at radius 2 is 0.967 bits per heavy atom. The minimum atomic E-state index is -6.58. The third-order valence-electron chi connectivity index (χ3n) is 3.60. The van der Waals surface area contributed by atoms with Gasteiger partial charge in [0, 0.05) is 11.1 Å². The molecule has 0 spiro atoms. The summed E-state index contributed by atoms with van der Waals surface area (Å²) in [6.07, 6.45) is -26.3. The van der Waals surface area contributed by atoms with Crippen LogP contribution in [0.4, 0.5) is 52.7 Å². The molecule has 1 N–H and O–H groups in total. The van der Waals surface area contributed by atoms with Gasteiger partial charge in [0.2, 0.25) is 0 Å². The van der Waals surface area contributed by atoms with E-state index >= 15 is 0 Å². The standard InChI is InChI=1S/C13H8F12O4S/c1-30(27,28)29-9(12(20,21)22,13(23,24)25)7-4-2-6(3-5-7)8(26,10(14,15)16)11(17,18)19/h2-5,26H,1H3. The molecule has 4 nitrogen and oxygen atoms in total. The molecule has 0 aliphatic carbocycles. The smallest absolute Gasteiger partial charge is 0.369 e. The Labute approximate surface area is 159 Å². The van der Waals surface area contributed by atoms with Crippen molar-refractivity contribution in [1.82, 2.24) is 0 Å². The molecule has 0 aliphatic rings. The van der Waals surface area contributed by atoms with Crippen LogP contribution in [0.3, 0.4) is 0 Å². The summed E-state index contributed by atoms with van der Waals surface area (Å²) in [5, 5.41) is 9.13. The largest absolute Gasteiger partial charge is 0.432 e. The van der Waals surface area contributed by atoms with E-state index in [4.69, 9.17) is 5.11 Å². The third kappa shape index (κ3) is 4.32. The van der Waals surface area contributed by atoms with Gasteiger partial charge < -0.3 is 5.11 Å². The van der Waals surface area contributed by atoms with E-state index in [-0.39, 0.29) is 6.26 Å². The van der Waals surface area contributed by atoms with E-state index in [0.717, 1.165) is 0 Å². The van der Waals surface area contributed by atoms with E-state index < -0.39 is 81.4 Å². The van der Waals surface area contributed by atoms with Crippen LogP contribution in [0.1, 0.15) is 11.1 Å². The van der Waals surface area contributed by atoms with Crippen LogP contribution in [0.2, 0.25) is 0 Å². The van der Waals surface area contributed by atoms with Crippen LogP contribution in [-0.2, 0) is 25.5 Å². The number of aliphatic hydroxyl groups is 1. The van der Waals surface area contributed by atoms with Crippen LogP contribution in [0.5, 0.6) is 0 Å². The number of hydrogen-bond acceptors (Lipinski definition) is 4. The van der Waals surface area contributed by atoms with Gasteiger partial charge in [-0.1, -0.05) is 24.3 Å². The summed E-state index contributed by atoms with van der Waals surface area (Å²) in [4.78, 5) is 0. The van der Waals surface area contributed by atoms with Crippen LogP contribution < -0.4 is 0 Å². The van der Waals surface area contributed by atoms with Crippen LogP contribution in [0.25, 0.3) is 0 Å². The Bertz CT molecular complexity index is 834. The summed E-state index contributed by atoms with van der Waals surface area (Å²) in [6, 6.07) is -2.09. The lowest BCUT2D eigenvalue weighted by Gasteiger charge is -2.37. The number of alkyl halides is 12. The van der Waals surface area contributed by atoms with Crippen molar-refractivity contribution in [2.75, 3.05) is 6.26 Å². The van der Waals surface area contributed by atoms with Crippen molar-refractivity contribution < 1.29 is 70.4 Å². The lowest BCUT2D eigenvalue weighted by Crippen LogP contribution is -2.57. The monoisotopic (exact) mass is 488 g/mol. The Balaban J connectivity index is 3.86. The molecule has 1 rings (SSSR count). The predicted octanol–water partition coefficient (Wildman–Crippen LogP) is 4.29. The summed E-state index contributed by atoms with van der Waals surface area (Å²) in [6.45, 7) is 0. The summed E-state index contributed by atoms with van der Waals surface area (Å²) >= 11 is 0. The van der Waals surface area contributed by atoms with Crippen LogP contribution in [0, 0.1) is 0 Å². The summed E-state index contributed by atoms with van der Waals surface area (Å²) in [7, 11) is -5.53. The maximum absolute atomic E-state index is 13.3. The maximum atomic E-state index is 13.3. The molecule has 0 unspecified atom stereocenters. The number of hydrogen-bond donors (Lipinski definition) is 1. The molecule has 174 valence electrons. The minimum absolute atomic E-state index is 0.195. The molecule has 0 saturated carbocycles. The Morgan fingerprint density at radius 3 is 1.20 bits per heavy atom. The first-order valence-corrected chi connectivity index (χ1v) is 8.74. The van der Waals surface area contributed by atoms with Crippen molar-refractivity contribution in [3.8, 4) is 0 Å². The zero-order valence-electron chi connectivity index (χ0n) is 13.9. The van der Waals surface area contributed by atoms with Crippen LogP contribution in [-0.4, -0.2) is 44.5 Å². The first-order chi connectivity index (χ1) is 12.9. The van der Waals surface area contributed by atoms with Crippen molar-refractivity contribution in [2.24, 2.45) is 0 Å². The van der Waals surface area contributed by atoms with E-state index in [1.165, 1.54) is 0 Å². The summed E-state index contributed by atoms with van der Waals surface area (Å²) < 4.78 is 182. The molecule has 0 aromatic heterocycles. The van der Waals surface area contributed by atoms with Gasteiger partial charge in [-0.05, 0) is 0 Å². The molecule has 0 aliphatic heterocycles. The molecule has 0 saturated heterocycles. The lowest BCUT2D eigenvalue weighted by atomic mass is 9.87. The molecular formula is C13H8F12O4S. The zero-order valence-corrected chi connectivity index (χ0v) is 14.7. The second-order valence-electron chi connectivity index (χ2n) is 5.75. The van der Waals surface area contributed by atoms with Gasteiger partial charge >= 0.3 is 30.3 Å². The SMILES string of the molecule is CS(=O)(=O)OC(c1ccc(C(O)(C(F)(F)F)C(F)(F)F)cc1)(C(F)(F)F)C(F)(F)F. The van der Waals surface area contributed by atoms with Gasteiger partial charge in [-0.25, -0.2) is 4.18 Å². The normalized spacial score (nSPS) is 15.4. The number of halogens is 12. The highest BCUT2D eigenvalue weighted by Gasteiger charge is 2.76. The first kappa shape index (κ1) is 26.3. The van der Waals surface area contributed by atoms with Crippen molar-refractivity contribution in [3.63, 3.8) is 0 Å². The predicted molar refractivity (Wildman–Crippen MR) is 72.2 cm³/mol. The van der Waals surface area contributed by atoms with Gasteiger partial charge in [0.15, 0.2) is 0 Å². The Kier molecular flexibility index (Phi) is 6.26. The van der Waals surface area contributed by atoms with Gasteiger partial charge in [0.05, 0.1) is 6.26 Å². The van der Waals surface area contributed by atoms with E-state index in [1.54, 1.807) is 0 Å². The van der Waals surface area contributed by atoms with Crippen molar-refractivity contribution in [2.45, 2.75) is 35.9 Å². The van der Waals surface area contributed by atoms with Crippen molar-refractivity contribution in [3.05, 3.63) is 35.4 Å². The third-order valence-corrected chi connectivity index (χ3v) is 4.16. The van der Waals surface area contributed by atoms with Gasteiger partial charge in [-0.3, -0.25) is 0 Å². The molecule has 1 aromatic carbocycles. The highest BCUT2D eigenvalue weighted by atomic mass is 32.2. The van der Waals surface area contributed by atoms with E-state index in [0.29, 0.717) is 0 Å². The first-order valence-electron chi connectivity index (χ1n) is 6.93. The number of benzene rings is 1. The Hall–Kier alpha value is -1.75. The van der Waals surface area contributed by atoms with Crippen LogP contribution >= 0.6 is 0 Å². The Morgan fingerprint density at radius 1 is 0.667 bits per heavy atom. The van der Waals surface area contributed by atoms with Crippen molar-refractivity contribution in [1.29, 1.82) is 0 Å². The van der Waals surface area contributed by atoms with Gasteiger partial charge in [-0.2, -0.15) is 61.1 Å². The average Bonchev–Trinajstić information content (AvgIpc) is 2.46. The molecule has 0 atom stereocenters. The molecule has 0 radical (unpaired) electrons. The highest BCUT2D eigenvalue weighted by molar-refractivity contribution is 7.86. The van der Waals surface area contributed by atoms with Gasteiger partial charge in [0.25, 0.3) is 15.7 Å². The lowest BCUT2D eigenvalue weighted by molar-refractivity contribution is -0.376. The molecule has 0 bridgehead atoms. The van der Waals surface area contributed by atoms with Gasteiger partial charge in [-0.15, -0.1) is 0 Å². The second kappa shape index (κ2) is 7.15. The molecule has 0 amide bonds. The van der Waals surface area contributed by atoms with Crippen molar-refractivity contribution >= 4 is 10.1 Å². The molecule has 30 heavy (non-hydrogen) atoms. The second-order valence-corrected chi connectivity index (χ2v) is 7.32. The summed E-state index contributed by atoms with van der Waals surface area (Å²) in [5.41, 5.74) is -15.7. The molecule has 1 aromatic rings.